The Morgan fingerprint density at radius 3 is 2.35 bits per heavy atom. The summed E-state index contributed by atoms with van der Waals surface area (Å²) in [5, 5.41) is 4.00. The first-order chi connectivity index (χ1) is 12.6. The number of aryl methyl sites for hydroxylation is 1. The summed E-state index contributed by atoms with van der Waals surface area (Å²) in [4.78, 5) is 17.5. The van der Waals surface area contributed by atoms with E-state index < -0.39 is 0 Å². The molecular weight excluding hydrogens is 324 g/mol. The molecular formula is C21H24N4O. The molecule has 0 bridgehead atoms. The van der Waals surface area contributed by atoms with Gasteiger partial charge in [-0.15, -0.1) is 0 Å². The zero-order chi connectivity index (χ0) is 18.1. The van der Waals surface area contributed by atoms with Gasteiger partial charge in [-0.1, -0.05) is 18.2 Å². The van der Waals surface area contributed by atoms with Gasteiger partial charge in [-0.3, -0.25) is 4.79 Å². The molecule has 1 N–H and O–H groups in total. The second-order valence-corrected chi connectivity index (χ2v) is 6.96. The Labute approximate surface area is 153 Å². The largest absolute Gasteiger partial charge is 0.369 e. The van der Waals surface area contributed by atoms with Gasteiger partial charge in [-0.25, -0.2) is 0 Å². The number of benzene rings is 2. The van der Waals surface area contributed by atoms with Gasteiger partial charge < -0.3 is 19.7 Å². The zero-order valence-corrected chi connectivity index (χ0v) is 15.3. The monoisotopic (exact) mass is 348 g/mol. The number of carbonyl (C=O) groups excluding carboxylic acids is 1. The number of fused-ring (bicyclic) bond motifs is 1. The summed E-state index contributed by atoms with van der Waals surface area (Å²) in [6, 6.07) is 16.1. The predicted molar refractivity (Wildman–Crippen MR) is 107 cm³/mol. The second kappa shape index (κ2) is 6.84. The molecule has 0 saturated carbocycles. The van der Waals surface area contributed by atoms with Crippen molar-refractivity contribution in [3.63, 3.8) is 0 Å². The molecule has 4 rings (SSSR count). The molecule has 3 aromatic rings. The molecule has 5 nitrogen and oxygen atoms in total. The van der Waals surface area contributed by atoms with Gasteiger partial charge in [0.05, 0.1) is 5.56 Å². The van der Waals surface area contributed by atoms with Crippen LogP contribution in [0.4, 0.5) is 11.4 Å². The van der Waals surface area contributed by atoms with Crippen molar-refractivity contribution in [2.45, 2.75) is 0 Å². The molecule has 1 aliphatic rings. The lowest BCUT2D eigenvalue weighted by Crippen LogP contribution is -2.44. The molecule has 134 valence electrons. The van der Waals surface area contributed by atoms with E-state index in [9.17, 15) is 4.79 Å². The van der Waals surface area contributed by atoms with E-state index in [2.05, 4.69) is 34.3 Å². The molecule has 0 unspecified atom stereocenters. The fraction of sp³-hybridized carbons (Fsp3) is 0.286. The van der Waals surface area contributed by atoms with E-state index in [1.807, 2.05) is 54.2 Å². The van der Waals surface area contributed by atoms with E-state index in [0.29, 0.717) is 5.56 Å². The number of carbonyl (C=O) groups is 1. The number of hydrogen-bond donors (Lipinski definition) is 1. The number of rotatable bonds is 3. The molecule has 0 radical (unpaired) electrons. The van der Waals surface area contributed by atoms with Crippen LogP contribution in [0.5, 0.6) is 0 Å². The maximum Gasteiger partial charge on any atom is 0.257 e. The number of amides is 1. The van der Waals surface area contributed by atoms with Crippen LogP contribution in [0.2, 0.25) is 0 Å². The highest BCUT2D eigenvalue weighted by Gasteiger charge is 2.16. The maximum absolute atomic E-state index is 12.7. The summed E-state index contributed by atoms with van der Waals surface area (Å²) in [7, 11) is 4.12. The van der Waals surface area contributed by atoms with Crippen molar-refractivity contribution in [2.75, 3.05) is 43.4 Å². The number of aromatic nitrogens is 1. The highest BCUT2D eigenvalue weighted by atomic mass is 16.1. The van der Waals surface area contributed by atoms with E-state index in [-0.39, 0.29) is 5.91 Å². The first-order valence-corrected chi connectivity index (χ1v) is 9.01. The molecule has 0 aliphatic carbocycles. The smallest absolute Gasteiger partial charge is 0.257 e. The van der Waals surface area contributed by atoms with Crippen molar-refractivity contribution in [1.82, 2.24) is 9.47 Å². The van der Waals surface area contributed by atoms with Crippen molar-refractivity contribution in [2.24, 2.45) is 7.05 Å². The Hall–Kier alpha value is -2.79. The summed E-state index contributed by atoms with van der Waals surface area (Å²) in [6.07, 6.45) is 1.89. The summed E-state index contributed by atoms with van der Waals surface area (Å²) in [5.41, 5.74) is 3.79. The van der Waals surface area contributed by atoms with Crippen molar-refractivity contribution in [3.05, 3.63) is 60.3 Å². The third kappa shape index (κ3) is 3.18. The molecule has 5 heteroatoms. The highest BCUT2D eigenvalue weighted by molar-refractivity contribution is 6.13. The number of piperazine rings is 1. The molecule has 1 amide bonds. The van der Waals surface area contributed by atoms with Gasteiger partial charge in [0.1, 0.15) is 0 Å². The molecule has 1 fully saturated rings. The molecule has 2 aromatic carbocycles. The number of nitrogens with one attached hydrogen (secondary N) is 1. The summed E-state index contributed by atoms with van der Waals surface area (Å²) in [5.74, 6) is -0.0749. The van der Waals surface area contributed by atoms with Gasteiger partial charge in [0.2, 0.25) is 0 Å². The van der Waals surface area contributed by atoms with Crippen molar-refractivity contribution in [1.29, 1.82) is 0 Å². The van der Waals surface area contributed by atoms with Gasteiger partial charge in [-0.2, -0.15) is 0 Å². The van der Waals surface area contributed by atoms with E-state index in [4.69, 9.17) is 0 Å². The molecule has 1 aliphatic heterocycles. The Balaban J connectivity index is 1.49. The zero-order valence-electron chi connectivity index (χ0n) is 15.3. The molecule has 1 aromatic heterocycles. The standard InChI is InChI=1S/C21H24N4O/c1-23-11-13-25(14-12-23)17-9-7-16(8-10-17)22-21(26)19-15-24(2)20-6-4-3-5-18(19)20/h3-10,15H,11-14H2,1-2H3,(H,22,26). The van der Waals surface area contributed by atoms with Crippen molar-refractivity contribution >= 4 is 28.2 Å². The lowest BCUT2D eigenvalue weighted by molar-refractivity contribution is 0.102. The molecule has 1 saturated heterocycles. The Kier molecular flexibility index (Phi) is 4.39. The van der Waals surface area contributed by atoms with Crippen molar-refractivity contribution < 1.29 is 4.79 Å². The number of likely N-dealkylation sites (N-methyl/N-ethyl adjacent to an activating group) is 1. The van der Waals surface area contributed by atoms with E-state index in [1.165, 1.54) is 5.69 Å². The second-order valence-electron chi connectivity index (χ2n) is 6.96. The summed E-state index contributed by atoms with van der Waals surface area (Å²) < 4.78 is 1.99. The lowest BCUT2D eigenvalue weighted by Gasteiger charge is -2.34. The van der Waals surface area contributed by atoms with Crippen LogP contribution < -0.4 is 10.2 Å². The maximum atomic E-state index is 12.7. The lowest BCUT2D eigenvalue weighted by atomic mass is 10.1. The van der Waals surface area contributed by atoms with E-state index in [0.717, 1.165) is 42.8 Å². The van der Waals surface area contributed by atoms with Gasteiger partial charge in [0.25, 0.3) is 5.91 Å². The number of para-hydroxylation sites is 1. The number of hydrogen-bond acceptors (Lipinski definition) is 3. The minimum Gasteiger partial charge on any atom is -0.369 e. The normalized spacial score (nSPS) is 15.4. The van der Waals surface area contributed by atoms with Gasteiger partial charge in [0, 0.05) is 61.7 Å². The fourth-order valence-corrected chi connectivity index (χ4v) is 3.54. The van der Waals surface area contributed by atoms with E-state index >= 15 is 0 Å². The van der Waals surface area contributed by atoms with Crippen LogP contribution in [-0.4, -0.2) is 48.6 Å². The highest BCUT2D eigenvalue weighted by Crippen LogP contribution is 2.23. The first kappa shape index (κ1) is 16.7. The van der Waals surface area contributed by atoms with Crippen molar-refractivity contribution in [3.8, 4) is 0 Å². The van der Waals surface area contributed by atoms with Crippen LogP contribution in [0.15, 0.2) is 54.7 Å². The number of anilines is 2. The summed E-state index contributed by atoms with van der Waals surface area (Å²) >= 11 is 0. The van der Waals surface area contributed by atoms with Gasteiger partial charge in [0.15, 0.2) is 0 Å². The molecule has 2 heterocycles. The first-order valence-electron chi connectivity index (χ1n) is 9.01. The minimum absolute atomic E-state index is 0.0749. The Morgan fingerprint density at radius 1 is 0.923 bits per heavy atom. The Morgan fingerprint density at radius 2 is 1.62 bits per heavy atom. The minimum atomic E-state index is -0.0749. The van der Waals surface area contributed by atoms with Crippen LogP contribution in [-0.2, 0) is 7.05 Å². The quantitative estimate of drug-likeness (QED) is 0.790. The van der Waals surface area contributed by atoms with Crippen LogP contribution in [0.25, 0.3) is 10.9 Å². The van der Waals surface area contributed by atoms with E-state index in [1.54, 1.807) is 0 Å². The van der Waals surface area contributed by atoms with Crippen LogP contribution in [0.1, 0.15) is 10.4 Å². The molecule has 0 atom stereocenters. The average molecular weight is 348 g/mol. The number of nitrogens with zero attached hydrogens (tertiary/aromatic N) is 3. The van der Waals surface area contributed by atoms with Crippen LogP contribution >= 0.6 is 0 Å². The molecule has 26 heavy (non-hydrogen) atoms. The third-order valence-corrected chi connectivity index (χ3v) is 5.14. The van der Waals surface area contributed by atoms with Gasteiger partial charge >= 0.3 is 0 Å². The fourth-order valence-electron chi connectivity index (χ4n) is 3.54. The molecule has 0 spiro atoms. The Bertz CT molecular complexity index is 921. The van der Waals surface area contributed by atoms with Crippen LogP contribution in [0, 0.1) is 0 Å². The predicted octanol–water partition coefficient (Wildman–Crippen LogP) is 3.18. The van der Waals surface area contributed by atoms with Gasteiger partial charge in [-0.05, 0) is 37.4 Å². The average Bonchev–Trinajstić information content (AvgIpc) is 3.00. The topological polar surface area (TPSA) is 40.5 Å². The summed E-state index contributed by atoms with van der Waals surface area (Å²) in [6.45, 7) is 4.25. The third-order valence-electron chi connectivity index (χ3n) is 5.14. The SMILES string of the molecule is CN1CCN(c2ccc(NC(=O)c3cn(C)c4ccccc34)cc2)CC1. The van der Waals surface area contributed by atoms with Crippen LogP contribution in [0.3, 0.4) is 0 Å².